The van der Waals surface area contributed by atoms with E-state index in [2.05, 4.69) is 10.6 Å². The van der Waals surface area contributed by atoms with Crippen LogP contribution in [0.4, 0.5) is 11.4 Å². The summed E-state index contributed by atoms with van der Waals surface area (Å²) in [6, 6.07) is 18.5. The first-order valence-corrected chi connectivity index (χ1v) is 13.0. The Kier molecular flexibility index (Phi) is 8.95. The SMILES string of the molecule is COc1ccc(S(=O)(=O)N(CC(=O)Nc2ccccc2C(=O)NCC(C)C)c2ccc(Cl)cc2)cc1. The fraction of sp³-hybridized carbons (Fsp3) is 0.231. The number of hydrogen-bond donors (Lipinski definition) is 2. The number of halogens is 1. The summed E-state index contributed by atoms with van der Waals surface area (Å²) in [5.74, 6) is -0.199. The lowest BCUT2D eigenvalue weighted by molar-refractivity contribution is -0.114. The Morgan fingerprint density at radius 2 is 1.61 bits per heavy atom. The van der Waals surface area contributed by atoms with Crippen molar-refractivity contribution in [3.63, 3.8) is 0 Å². The number of ether oxygens (including phenoxy) is 1. The van der Waals surface area contributed by atoms with Crippen LogP contribution in [0.15, 0.2) is 77.7 Å². The molecule has 0 unspecified atom stereocenters. The third-order valence-corrected chi connectivity index (χ3v) is 7.21. The fourth-order valence-corrected chi connectivity index (χ4v) is 4.85. The number of nitrogens with one attached hydrogen (secondary N) is 2. The molecule has 2 amide bonds. The van der Waals surface area contributed by atoms with Crippen LogP contribution in [0.25, 0.3) is 0 Å². The summed E-state index contributed by atoms with van der Waals surface area (Å²) in [7, 11) is -2.65. The largest absolute Gasteiger partial charge is 0.497 e. The lowest BCUT2D eigenvalue weighted by Crippen LogP contribution is -2.38. The predicted molar refractivity (Wildman–Crippen MR) is 141 cm³/mol. The Balaban J connectivity index is 1.89. The summed E-state index contributed by atoms with van der Waals surface area (Å²) >= 11 is 5.99. The van der Waals surface area contributed by atoms with E-state index in [1.165, 1.54) is 43.5 Å². The van der Waals surface area contributed by atoms with E-state index in [0.29, 0.717) is 17.3 Å². The first-order valence-electron chi connectivity index (χ1n) is 11.2. The highest BCUT2D eigenvalue weighted by atomic mass is 35.5. The lowest BCUT2D eigenvalue weighted by atomic mass is 10.1. The Labute approximate surface area is 216 Å². The van der Waals surface area contributed by atoms with Gasteiger partial charge >= 0.3 is 0 Å². The summed E-state index contributed by atoms with van der Waals surface area (Å²) in [4.78, 5) is 25.7. The third kappa shape index (κ3) is 6.77. The van der Waals surface area contributed by atoms with Crippen molar-refractivity contribution in [2.75, 3.05) is 29.8 Å². The van der Waals surface area contributed by atoms with E-state index in [0.717, 1.165) is 4.31 Å². The van der Waals surface area contributed by atoms with Crippen LogP contribution in [0.1, 0.15) is 24.2 Å². The summed E-state index contributed by atoms with van der Waals surface area (Å²) in [6.45, 7) is 3.90. The van der Waals surface area contributed by atoms with Gasteiger partial charge in [-0.2, -0.15) is 0 Å². The standard InChI is InChI=1S/C26H28ClN3O5S/c1-18(2)16-28-26(32)23-6-4-5-7-24(23)29-25(31)17-30(20-10-8-19(27)9-11-20)36(33,34)22-14-12-21(35-3)13-15-22/h4-15,18H,16-17H2,1-3H3,(H,28,32)(H,29,31). The first kappa shape index (κ1) is 27.0. The second kappa shape index (κ2) is 11.9. The van der Waals surface area contributed by atoms with Gasteiger partial charge in [0.15, 0.2) is 0 Å². The maximum Gasteiger partial charge on any atom is 0.264 e. The molecule has 0 heterocycles. The lowest BCUT2D eigenvalue weighted by Gasteiger charge is -2.24. The molecule has 36 heavy (non-hydrogen) atoms. The van der Waals surface area contributed by atoms with Gasteiger partial charge in [0.05, 0.1) is 28.9 Å². The van der Waals surface area contributed by atoms with Gasteiger partial charge in [-0.3, -0.25) is 13.9 Å². The number of benzene rings is 3. The molecule has 2 N–H and O–H groups in total. The van der Waals surface area contributed by atoms with Crippen molar-refractivity contribution in [3.8, 4) is 5.75 Å². The average molecular weight is 530 g/mol. The van der Waals surface area contributed by atoms with E-state index < -0.39 is 22.5 Å². The monoisotopic (exact) mass is 529 g/mol. The molecule has 8 nitrogen and oxygen atoms in total. The molecule has 0 saturated carbocycles. The highest BCUT2D eigenvalue weighted by molar-refractivity contribution is 7.92. The van der Waals surface area contributed by atoms with Gasteiger partial charge in [-0.15, -0.1) is 0 Å². The van der Waals surface area contributed by atoms with E-state index in [-0.39, 0.29) is 33.7 Å². The van der Waals surface area contributed by atoms with Gasteiger partial charge in [0.1, 0.15) is 12.3 Å². The molecule has 0 spiro atoms. The van der Waals surface area contributed by atoms with Crippen LogP contribution in [0, 0.1) is 5.92 Å². The third-order valence-electron chi connectivity index (χ3n) is 5.17. The number of amides is 2. The van der Waals surface area contributed by atoms with E-state index in [9.17, 15) is 18.0 Å². The highest BCUT2D eigenvalue weighted by Gasteiger charge is 2.28. The second-order valence-corrected chi connectivity index (χ2v) is 10.7. The second-order valence-electron chi connectivity index (χ2n) is 8.36. The predicted octanol–water partition coefficient (Wildman–Crippen LogP) is 4.57. The zero-order valence-electron chi connectivity index (χ0n) is 20.2. The number of carbonyl (C=O) groups excluding carboxylic acids is 2. The number of anilines is 2. The molecule has 0 aromatic heterocycles. The molecular formula is C26H28ClN3O5S. The molecule has 190 valence electrons. The van der Waals surface area contributed by atoms with E-state index in [1.54, 1.807) is 36.4 Å². The van der Waals surface area contributed by atoms with Crippen molar-refractivity contribution in [2.24, 2.45) is 5.92 Å². The number of sulfonamides is 1. The zero-order valence-corrected chi connectivity index (χ0v) is 21.8. The maximum atomic E-state index is 13.5. The van der Waals surface area contributed by atoms with Gasteiger partial charge in [0.25, 0.3) is 15.9 Å². The molecule has 0 aliphatic carbocycles. The summed E-state index contributed by atoms with van der Waals surface area (Å²) in [5, 5.41) is 5.92. The van der Waals surface area contributed by atoms with Crippen LogP contribution in [0.5, 0.6) is 5.75 Å². The molecule has 10 heteroatoms. The van der Waals surface area contributed by atoms with Crippen LogP contribution in [0.3, 0.4) is 0 Å². The molecular weight excluding hydrogens is 502 g/mol. The summed E-state index contributed by atoms with van der Waals surface area (Å²) in [5.41, 5.74) is 0.817. The maximum absolute atomic E-state index is 13.5. The van der Waals surface area contributed by atoms with E-state index in [1.807, 2.05) is 13.8 Å². The van der Waals surface area contributed by atoms with Crippen LogP contribution < -0.4 is 19.7 Å². The Hall–Kier alpha value is -3.56. The Bertz CT molecular complexity index is 1310. The van der Waals surface area contributed by atoms with E-state index in [4.69, 9.17) is 16.3 Å². The fourth-order valence-electron chi connectivity index (χ4n) is 3.30. The van der Waals surface area contributed by atoms with E-state index >= 15 is 0 Å². The van der Waals surface area contributed by atoms with Gasteiger partial charge in [-0.1, -0.05) is 37.6 Å². The molecule has 0 aliphatic heterocycles. The first-order chi connectivity index (χ1) is 17.1. The number of carbonyl (C=O) groups is 2. The minimum absolute atomic E-state index is 0.0143. The van der Waals surface area contributed by atoms with Gasteiger partial charge in [0.2, 0.25) is 5.91 Å². The van der Waals surface area contributed by atoms with Gasteiger partial charge in [0, 0.05) is 11.6 Å². The van der Waals surface area contributed by atoms with Gasteiger partial charge in [-0.25, -0.2) is 8.42 Å². The van der Waals surface area contributed by atoms with Gasteiger partial charge < -0.3 is 15.4 Å². The zero-order chi connectivity index (χ0) is 26.3. The number of hydrogen-bond acceptors (Lipinski definition) is 5. The smallest absolute Gasteiger partial charge is 0.264 e. The van der Waals surface area contributed by atoms with Crippen molar-refractivity contribution in [1.82, 2.24) is 5.32 Å². The van der Waals surface area contributed by atoms with Crippen LogP contribution in [-0.2, 0) is 14.8 Å². The molecule has 3 aromatic carbocycles. The van der Waals surface area contributed by atoms with Crippen molar-refractivity contribution in [1.29, 1.82) is 0 Å². The van der Waals surface area contributed by atoms with Crippen LogP contribution >= 0.6 is 11.6 Å². The molecule has 0 radical (unpaired) electrons. The molecule has 0 saturated heterocycles. The molecule has 3 rings (SSSR count). The Morgan fingerprint density at radius 3 is 2.22 bits per heavy atom. The normalized spacial score (nSPS) is 11.1. The number of nitrogens with zero attached hydrogens (tertiary/aromatic N) is 1. The highest BCUT2D eigenvalue weighted by Crippen LogP contribution is 2.27. The van der Waals surface area contributed by atoms with Crippen molar-refractivity contribution >= 4 is 44.8 Å². The molecule has 0 aliphatic rings. The van der Waals surface area contributed by atoms with Crippen molar-refractivity contribution in [3.05, 3.63) is 83.4 Å². The average Bonchev–Trinajstić information content (AvgIpc) is 2.86. The van der Waals surface area contributed by atoms with Gasteiger partial charge in [-0.05, 0) is 66.6 Å². The Morgan fingerprint density at radius 1 is 0.972 bits per heavy atom. The van der Waals surface area contributed by atoms with Crippen LogP contribution in [-0.4, -0.2) is 40.4 Å². The molecule has 0 bridgehead atoms. The summed E-state index contributed by atoms with van der Waals surface area (Å²) in [6.07, 6.45) is 0. The minimum atomic E-state index is -4.13. The quantitative estimate of drug-likeness (QED) is 0.400. The van der Waals surface area contributed by atoms with Crippen molar-refractivity contribution < 1.29 is 22.7 Å². The van der Waals surface area contributed by atoms with Crippen LogP contribution in [0.2, 0.25) is 5.02 Å². The van der Waals surface area contributed by atoms with Crippen molar-refractivity contribution in [2.45, 2.75) is 18.7 Å². The topological polar surface area (TPSA) is 105 Å². The number of methoxy groups -OCH3 is 1. The molecule has 0 atom stereocenters. The molecule has 0 fully saturated rings. The number of para-hydroxylation sites is 1. The minimum Gasteiger partial charge on any atom is -0.497 e. The summed E-state index contributed by atoms with van der Waals surface area (Å²) < 4.78 is 33.2. The molecule has 3 aromatic rings. The number of rotatable bonds is 10.